The minimum atomic E-state index is -0.536. The molecule has 1 unspecified atom stereocenters. The van der Waals surface area contributed by atoms with Crippen LogP contribution in [0.4, 0.5) is 4.39 Å². The lowest BCUT2D eigenvalue weighted by molar-refractivity contribution is -0.144. The van der Waals surface area contributed by atoms with Crippen molar-refractivity contribution in [2.75, 3.05) is 26.8 Å². The van der Waals surface area contributed by atoms with Crippen LogP contribution in [0.1, 0.15) is 48.6 Å². The number of methoxy groups -OCH3 is 1. The van der Waals surface area contributed by atoms with Crippen LogP contribution >= 0.6 is 11.3 Å². The molecule has 4 rings (SSSR count). The molecule has 1 saturated carbocycles. The smallest absolute Gasteiger partial charge is 0.262 e. The average molecular weight is 458 g/mol. The summed E-state index contributed by atoms with van der Waals surface area (Å²) in [6, 6.07) is 9.83. The molecule has 1 aliphatic carbocycles. The lowest BCUT2D eigenvalue weighted by Gasteiger charge is -2.28. The summed E-state index contributed by atoms with van der Waals surface area (Å²) in [5.41, 5.74) is 1.19. The summed E-state index contributed by atoms with van der Waals surface area (Å²) in [6.45, 7) is 0.605. The number of halogens is 1. The van der Waals surface area contributed by atoms with E-state index < -0.39 is 6.04 Å². The third-order valence-electron chi connectivity index (χ3n) is 6.14. The van der Waals surface area contributed by atoms with Gasteiger partial charge in [0.15, 0.2) is 0 Å². The first-order chi connectivity index (χ1) is 15.6. The summed E-state index contributed by atoms with van der Waals surface area (Å²) in [5, 5.41) is 7.92. The predicted molar refractivity (Wildman–Crippen MR) is 122 cm³/mol. The number of hydrogen-bond donors (Lipinski definition) is 0. The van der Waals surface area contributed by atoms with Crippen molar-refractivity contribution in [2.24, 2.45) is 11.0 Å². The van der Waals surface area contributed by atoms with Crippen LogP contribution in [0.3, 0.4) is 0 Å². The maximum absolute atomic E-state index is 14.6. The monoisotopic (exact) mass is 457 g/mol. The fourth-order valence-electron chi connectivity index (χ4n) is 4.45. The number of rotatable bonds is 8. The van der Waals surface area contributed by atoms with Gasteiger partial charge in [-0.05, 0) is 30.4 Å². The first kappa shape index (κ1) is 22.6. The lowest BCUT2D eigenvalue weighted by Crippen LogP contribution is -2.44. The largest absolute Gasteiger partial charge is 0.383 e. The van der Waals surface area contributed by atoms with Crippen LogP contribution < -0.4 is 0 Å². The van der Waals surface area contributed by atoms with E-state index in [9.17, 15) is 14.0 Å². The molecule has 1 aromatic carbocycles. The Morgan fingerprint density at radius 2 is 2.00 bits per heavy atom. The minimum Gasteiger partial charge on any atom is -0.383 e. The molecule has 0 radical (unpaired) electrons. The van der Waals surface area contributed by atoms with Crippen molar-refractivity contribution in [3.8, 4) is 0 Å². The molecule has 8 heteroatoms. The van der Waals surface area contributed by atoms with Gasteiger partial charge in [0.2, 0.25) is 5.91 Å². The van der Waals surface area contributed by atoms with Crippen LogP contribution in [0, 0.1) is 11.7 Å². The van der Waals surface area contributed by atoms with Crippen molar-refractivity contribution >= 4 is 28.9 Å². The fraction of sp³-hybridized carbons (Fsp3) is 0.458. The molecule has 2 amide bonds. The summed E-state index contributed by atoms with van der Waals surface area (Å²) in [5.74, 6) is -0.716. The van der Waals surface area contributed by atoms with E-state index in [-0.39, 0.29) is 30.1 Å². The average Bonchev–Trinajstić information content (AvgIpc) is 3.57. The lowest BCUT2D eigenvalue weighted by atomic mass is 10.0. The normalized spacial score (nSPS) is 18.8. The Morgan fingerprint density at radius 1 is 1.22 bits per heavy atom. The highest BCUT2D eigenvalue weighted by Crippen LogP contribution is 2.35. The molecule has 0 N–H and O–H groups in total. The quantitative estimate of drug-likeness (QED) is 0.596. The van der Waals surface area contributed by atoms with E-state index in [0.29, 0.717) is 25.1 Å². The van der Waals surface area contributed by atoms with Crippen LogP contribution in [0.25, 0.3) is 0 Å². The second-order valence-electron chi connectivity index (χ2n) is 8.24. The molecule has 2 aromatic rings. The topological polar surface area (TPSA) is 62.2 Å². The number of thiophene rings is 1. The van der Waals surface area contributed by atoms with Gasteiger partial charge >= 0.3 is 0 Å². The number of hydrogen-bond acceptors (Lipinski definition) is 5. The summed E-state index contributed by atoms with van der Waals surface area (Å²) in [4.78, 5) is 29.0. The molecule has 0 spiro atoms. The highest BCUT2D eigenvalue weighted by atomic mass is 32.1. The van der Waals surface area contributed by atoms with Gasteiger partial charge in [-0.1, -0.05) is 37.1 Å². The Morgan fingerprint density at radius 3 is 2.69 bits per heavy atom. The molecule has 1 aromatic heterocycles. The maximum Gasteiger partial charge on any atom is 0.262 e. The Kier molecular flexibility index (Phi) is 7.32. The van der Waals surface area contributed by atoms with Crippen molar-refractivity contribution in [3.63, 3.8) is 0 Å². The number of carbonyl (C=O) groups is 2. The number of nitrogens with zero attached hydrogens (tertiary/aromatic N) is 3. The van der Waals surface area contributed by atoms with E-state index in [2.05, 4.69) is 5.10 Å². The van der Waals surface area contributed by atoms with Crippen molar-refractivity contribution in [3.05, 3.63) is 58.0 Å². The zero-order chi connectivity index (χ0) is 22.5. The van der Waals surface area contributed by atoms with Gasteiger partial charge in [-0.2, -0.15) is 5.10 Å². The van der Waals surface area contributed by atoms with E-state index >= 15 is 0 Å². The van der Waals surface area contributed by atoms with Crippen LogP contribution in [-0.4, -0.2) is 54.2 Å². The van der Waals surface area contributed by atoms with Crippen LogP contribution in [-0.2, 0) is 14.3 Å². The number of amides is 2. The molecule has 170 valence electrons. The molecule has 6 nitrogen and oxygen atoms in total. The SMILES string of the molecule is COCCN(CC(=O)N1N=C(c2cccs2)CC1c1ccccc1F)C(=O)C1CCCC1. The first-order valence-corrected chi connectivity index (χ1v) is 11.9. The van der Waals surface area contributed by atoms with Crippen LogP contribution in [0.2, 0.25) is 0 Å². The van der Waals surface area contributed by atoms with E-state index in [0.717, 1.165) is 36.3 Å². The van der Waals surface area contributed by atoms with Crippen LogP contribution in [0.5, 0.6) is 0 Å². The predicted octanol–water partition coefficient (Wildman–Crippen LogP) is 4.23. The molecule has 2 heterocycles. The zero-order valence-corrected chi connectivity index (χ0v) is 19.0. The summed E-state index contributed by atoms with van der Waals surface area (Å²) in [6.07, 6.45) is 4.23. The Bertz CT molecular complexity index is 973. The molecular weight excluding hydrogens is 429 g/mol. The number of ether oxygens (including phenoxy) is 1. The summed E-state index contributed by atoms with van der Waals surface area (Å²) in [7, 11) is 1.58. The van der Waals surface area contributed by atoms with Gasteiger partial charge in [0.25, 0.3) is 5.91 Å². The van der Waals surface area contributed by atoms with E-state index in [1.165, 1.54) is 22.4 Å². The van der Waals surface area contributed by atoms with E-state index in [1.807, 2.05) is 17.5 Å². The van der Waals surface area contributed by atoms with Gasteiger partial charge < -0.3 is 9.64 Å². The second kappa shape index (κ2) is 10.4. The van der Waals surface area contributed by atoms with Gasteiger partial charge in [-0.25, -0.2) is 9.40 Å². The number of benzene rings is 1. The number of carbonyl (C=O) groups excluding carboxylic acids is 2. The Balaban J connectivity index is 1.58. The van der Waals surface area contributed by atoms with Crippen LogP contribution in [0.15, 0.2) is 46.9 Å². The molecule has 2 aliphatic rings. The molecule has 32 heavy (non-hydrogen) atoms. The molecule has 0 saturated heterocycles. The zero-order valence-electron chi connectivity index (χ0n) is 18.2. The second-order valence-corrected chi connectivity index (χ2v) is 9.19. The standard InChI is InChI=1S/C24H28FN3O3S/c1-31-13-12-27(24(30)17-7-2-3-8-17)16-23(29)28-21(18-9-4-5-10-19(18)25)15-20(26-28)22-11-6-14-32-22/h4-6,9-11,14,17,21H,2-3,7-8,12-13,15-16H2,1H3. The molecule has 1 fully saturated rings. The third-order valence-corrected chi connectivity index (χ3v) is 7.06. The van der Waals surface area contributed by atoms with Gasteiger partial charge in [0.1, 0.15) is 12.4 Å². The van der Waals surface area contributed by atoms with Gasteiger partial charge in [-0.3, -0.25) is 9.59 Å². The summed E-state index contributed by atoms with van der Waals surface area (Å²) < 4.78 is 19.8. The fourth-order valence-corrected chi connectivity index (χ4v) is 5.18. The first-order valence-electron chi connectivity index (χ1n) is 11.0. The molecule has 1 aliphatic heterocycles. The molecule has 0 bridgehead atoms. The van der Waals surface area contributed by atoms with Gasteiger partial charge in [-0.15, -0.1) is 11.3 Å². The van der Waals surface area contributed by atoms with Crippen molar-refractivity contribution in [2.45, 2.75) is 38.1 Å². The maximum atomic E-state index is 14.6. The van der Waals surface area contributed by atoms with Crippen molar-refractivity contribution in [1.82, 2.24) is 9.91 Å². The highest BCUT2D eigenvalue weighted by molar-refractivity contribution is 7.12. The van der Waals surface area contributed by atoms with Gasteiger partial charge in [0, 0.05) is 31.6 Å². The highest BCUT2D eigenvalue weighted by Gasteiger charge is 2.37. The summed E-state index contributed by atoms with van der Waals surface area (Å²) >= 11 is 1.54. The van der Waals surface area contributed by atoms with E-state index in [4.69, 9.17) is 4.74 Å². The Hall–Kier alpha value is -2.58. The number of hydrazone groups is 1. The third kappa shape index (κ3) is 4.91. The van der Waals surface area contributed by atoms with Crippen molar-refractivity contribution in [1.29, 1.82) is 0 Å². The van der Waals surface area contributed by atoms with E-state index in [1.54, 1.807) is 30.2 Å². The van der Waals surface area contributed by atoms with Gasteiger partial charge in [0.05, 0.1) is 23.2 Å². The minimum absolute atomic E-state index is 0.00278. The molecule has 1 atom stereocenters. The van der Waals surface area contributed by atoms with Crippen molar-refractivity contribution < 1.29 is 18.7 Å². The Labute approximate surface area is 191 Å². The molecular formula is C24H28FN3O3S.